The van der Waals surface area contributed by atoms with Gasteiger partial charge >= 0.3 is 0 Å². The van der Waals surface area contributed by atoms with Gasteiger partial charge in [-0.3, -0.25) is 0 Å². The van der Waals surface area contributed by atoms with Crippen LogP contribution in [-0.4, -0.2) is 17.5 Å². The van der Waals surface area contributed by atoms with E-state index in [0.29, 0.717) is 11.7 Å². The Morgan fingerprint density at radius 3 is 3.00 bits per heavy atom. The van der Waals surface area contributed by atoms with Gasteiger partial charge in [0.1, 0.15) is 5.82 Å². The highest BCUT2D eigenvalue weighted by molar-refractivity contribution is 7.99. The summed E-state index contributed by atoms with van der Waals surface area (Å²) in [5, 5.41) is 3.28. The van der Waals surface area contributed by atoms with Crippen molar-refractivity contribution in [3.05, 3.63) is 29.6 Å². The van der Waals surface area contributed by atoms with Crippen LogP contribution in [0.2, 0.25) is 0 Å². The maximum absolute atomic E-state index is 13.5. The van der Waals surface area contributed by atoms with Gasteiger partial charge in [0.05, 0.1) is 5.69 Å². The monoisotopic (exact) mass is 225 g/mol. The third-order valence-corrected chi connectivity index (χ3v) is 3.86. The normalized spacial score (nSPS) is 21.3. The molecule has 1 N–H and O–H groups in total. The van der Waals surface area contributed by atoms with E-state index < -0.39 is 0 Å². The molecule has 15 heavy (non-hydrogen) atoms. The van der Waals surface area contributed by atoms with E-state index in [1.54, 1.807) is 6.07 Å². The molecule has 1 heterocycles. The number of thioether (sulfide) groups is 1. The minimum atomic E-state index is -0.134. The molecule has 0 aromatic heterocycles. The van der Waals surface area contributed by atoms with E-state index in [0.717, 1.165) is 17.7 Å². The van der Waals surface area contributed by atoms with Gasteiger partial charge in [0.2, 0.25) is 0 Å². The fourth-order valence-corrected chi connectivity index (χ4v) is 2.88. The van der Waals surface area contributed by atoms with E-state index in [1.165, 1.54) is 12.2 Å². The summed E-state index contributed by atoms with van der Waals surface area (Å²) in [4.78, 5) is 0. The summed E-state index contributed by atoms with van der Waals surface area (Å²) < 4.78 is 13.5. The molecule has 0 radical (unpaired) electrons. The number of benzene rings is 1. The molecule has 2 rings (SSSR count). The summed E-state index contributed by atoms with van der Waals surface area (Å²) in [5.41, 5.74) is 1.61. The van der Waals surface area contributed by atoms with E-state index in [-0.39, 0.29) is 5.82 Å². The van der Waals surface area contributed by atoms with Crippen LogP contribution in [0.15, 0.2) is 18.2 Å². The summed E-state index contributed by atoms with van der Waals surface area (Å²) in [7, 11) is 0. The van der Waals surface area contributed by atoms with Crippen LogP contribution in [-0.2, 0) is 0 Å². The molecule has 3 heteroatoms. The van der Waals surface area contributed by atoms with Gasteiger partial charge in [-0.15, -0.1) is 0 Å². The highest BCUT2D eigenvalue weighted by Gasteiger charge is 2.14. The number of hydrogen-bond acceptors (Lipinski definition) is 2. The first-order chi connectivity index (χ1) is 7.25. The lowest BCUT2D eigenvalue weighted by molar-refractivity contribution is 0.619. The molecular weight excluding hydrogens is 209 g/mol. The first-order valence-corrected chi connectivity index (χ1v) is 6.51. The maximum atomic E-state index is 13.5. The van der Waals surface area contributed by atoms with E-state index >= 15 is 0 Å². The zero-order valence-electron chi connectivity index (χ0n) is 8.92. The van der Waals surface area contributed by atoms with Gasteiger partial charge in [0, 0.05) is 11.8 Å². The number of anilines is 1. The van der Waals surface area contributed by atoms with Crippen molar-refractivity contribution >= 4 is 17.4 Å². The molecule has 1 aliphatic heterocycles. The van der Waals surface area contributed by atoms with Crippen LogP contribution < -0.4 is 5.32 Å². The molecule has 0 unspecified atom stereocenters. The third kappa shape index (κ3) is 2.88. The first kappa shape index (κ1) is 10.8. The summed E-state index contributed by atoms with van der Waals surface area (Å²) in [5.74, 6) is 2.20. The molecule has 82 valence electrons. The SMILES string of the molecule is Cc1ccc(N[C@H]2CCCSC2)c(F)c1. The lowest BCUT2D eigenvalue weighted by Crippen LogP contribution is -2.26. The van der Waals surface area contributed by atoms with Gasteiger partial charge in [0.15, 0.2) is 0 Å². The second kappa shape index (κ2) is 4.88. The maximum Gasteiger partial charge on any atom is 0.146 e. The van der Waals surface area contributed by atoms with Crippen molar-refractivity contribution in [3.63, 3.8) is 0 Å². The second-order valence-electron chi connectivity index (χ2n) is 4.04. The van der Waals surface area contributed by atoms with Gasteiger partial charge in [-0.1, -0.05) is 6.07 Å². The molecule has 0 amide bonds. The predicted molar refractivity (Wildman–Crippen MR) is 65.1 cm³/mol. The van der Waals surface area contributed by atoms with Crippen molar-refractivity contribution in [3.8, 4) is 0 Å². The quantitative estimate of drug-likeness (QED) is 0.827. The van der Waals surface area contributed by atoms with E-state index in [1.807, 2.05) is 30.8 Å². The molecule has 1 aromatic rings. The Morgan fingerprint density at radius 1 is 1.47 bits per heavy atom. The lowest BCUT2D eigenvalue weighted by atomic mass is 10.1. The average molecular weight is 225 g/mol. The second-order valence-corrected chi connectivity index (χ2v) is 5.19. The fraction of sp³-hybridized carbons (Fsp3) is 0.500. The molecular formula is C12H16FNS. The number of halogens is 1. The molecule has 0 saturated carbocycles. The molecule has 0 spiro atoms. The van der Waals surface area contributed by atoms with Crippen molar-refractivity contribution in [1.82, 2.24) is 0 Å². The molecule has 0 aliphatic carbocycles. The van der Waals surface area contributed by atoms with Crippen molar-refractivity contribution in [2.75, 3.05) is 16.8 Å². The van der Waals surface area contributed by atoms with Crippen LogP contribution >= 0.6 is 11.8 Å². The number of aryl methyl sites for hydroxylation is 1. The van der Waals surface area contributed by atoms with Crippen LogP contribution in [0.3, 0.4) is 0 Å². The van der Waals surface area contributed by atoms with Crippen LogP contribution in [0, 0.1) is 12.7 Å². The molecule has 1 fully saturated rings. The third-order valence-electron chi connectivity index (χ3n) is 2.64. The van der Waals surface area contributed by atoms with E-state index in [2.05, 4.69) is 5.32 Å². The van der Waals surface area contributed by atoms with Crippen molar-refractivity contribution < 1.29 is 4.39 Å². The smallest absolute Gasteiger partial charge is 0.146 e. The summed E-state index contributed by atoms with van der Waals surface area (Å²) in [6.45, 7) is 1.91. The fourth-order valence-electron chi connectivity index (χ4n) is 1.81. The van der Waals surface area contributed by atoms with E-state index in [9.17, 15) is 4.39 Å². The zero-order chi connectivity index (χ0) is 10.7. The van der Waals surface area contributed by atoms with Crippen LogP contribution in [0.4, 0.5) is 10.1 Å². The Morgan fingerprint density at radius 2 is 2.33 bits per heavy atom. The minimum Gasteiger partial charge on any atom is -0.379 e. The van der Waals surface area contributed by atoms with Gasteiger partial charge in [0.25, 0.3) is 0 Å². The zero-order valence-corrected chi connectivity index (χ0v) is 9.74. The van der Waals surface area contributed by atoms with Crippen molar-refractivity contribution in [2.45, 2.75) is 25.8 Å². The number of nitrogens with one attached hydrogen (secondary N) is 1. The highest BCUT2D eigenvalue weighted by atomic mass is 32.2. The van der Waals surface area contributed by atoms with Crippen LogP contribution in [0.1, 0.15) is 18.4 Å². The van der Waals surface area contributed by atoms with E-state index in [4.69, 9.17) is 0 Å². The molecule has 1 aliphatic rings. The predicted octanol–water partition coefficient (Wildman–Crippen LogP) is 3.44. The molecule has 1 aromatic carbocycles. The molecule has 1 nitrogen and oxygen atoms in total. The first-order valence-electron chi connectivity index (χ1n) is 5.36. The van der Waals surface area contributed by atoms with Crippen LogP contribution in [0.25, 0.3) is 0 Å². The Balaban J connectivity index is 2.03. The summed E-state index contributed by atoms with van der Waals surface area (Å²) in [6.07, 6.45) is 2.39. The molecule has 1 atom stereocenters. The Kier molecular flexibility index (Phi) is 3.52. The Hall–Kier alpha value is -0.700. The average Bonchev–Trinajstić information content (AvgIpc) is 2.24. The van der Waals surface area contributed by atoms with Gasteiger partial charge in [-0.25, -0.2) is 4.39 Å². The molecule has 1 saturated heterocycles. The number of rotatable bonds is 2. The summed E-state index contributed by atoms with van der Waals surface area (Å²) in [6, 6.07) is 5.80. The topological polar surface area (TPSA) is 12.0 Å². The van der Waals surface area contributed by atoms with Crippen LogP contribution in [0.5, 0.6) is 0 Å². The van der Waals surface area contributed by atoms with Gasteiger partial charge in [-0.05, 0) is 43.2 Å². The molecule has 0 bridgehead atoms. The number of hydrogen-bond donors (Lipinski definition) is 1. The largest absolute Gasteiger partial charge is 0.379 e. The summed E-state index contributed by atoms with van der Waals surface area (Å²) >= 11 is 1.95. The Labute approximate surface area is 94.5 Å². The van der Waals surface area contributed by atoms with Gasteiger partial charge < -0.3 is 5.32 Å². The van der Waals surface area contributed by atoms with Crippen molar-refractivity contribution in [1.29, 1.82) is 0 Å². The standard InChI is InChI=1S/C12H16FNS/c1-9-4-5-12(11(13)7-9)14-10-3-2-6-15-8-10/h4-5,7,10,14H,2-3,6,8H2,1H3/t10-/m0/s1. The van der Waals surface area contributed by atoms with Gasteiger partial charge in [-0.2, -0.15) is 11.8 Å². The minimum absolute atomic E-state index is 0.134. The Bertz CT molecular complexity index is 334. The van der Waals surface area contributed by atoms with Crippen molar-refractivity contribution in [2.24, 2.45) is 0 Å². The lowest BCUT2D eigenvalue weighted by Gasteiger charge is -2.23. The highest BCUT2D eigenvalue weighted by Crippen LogP contribution is 2.22.